The molecule has 0 aliphatic heterocycles. The number of aliphatic hydroxyl groups excluding tert-OH is 1. The van der Waals surface area contributed by atoms with E-state index < -0.39 is 0 Å². The largest absolute Gasteiger partial charge is 0.444 e. The van der Waals surface area contributed by atoms with Gasteiger partial charge in [0, 0.05) is 6.42 Å². The number of oxazole rings is 1. The first kappa shape index (κ1) is 21.4. The zero-order valence-electron chi connectivity index (χ0n) is 19.2. The van der Waals surface area contributed by atoms with E-state index in [0.29, 0.717) is 30.9 Å². The number of nitrogens with zero attached hydrogens (tertiary/aromatic N) is 2. The fourth-order valence-electron chi connectivity index (χ4n) is 7.96. The van der Waals surface area contributed by atoms with Gasteiger partial charge in [0.15, 0.2) is 0 Å². The lowest BCUT2D eigenvalue weighted by Crippen LogP contribution is -2.54. The zero-order valence-corrected chi connectivity index (χ0v) is 19.2. The second-order valence-electron chi connectivity index (χ2n) is 11.2. The standard InChI is InChI=1S/C25H39N3O3/c1-24-10-7-17(28-30-12-9-18-15-27-23(14-26)31-18)13-16(24)3-4-19-20-5-6-22(29)25(20,2)11-8-21(19)24/h15-16,19-22,29H,3-14,26H2,1-2H3/t16?,19?,20?,21-,22?,24?,25?/m0/s1. The summed E-state index contributed by atoms with van der Waals surface area (Å²) in [5.74, 6) is 4.46. The van der Waals surface area contributed by atoms with E-state index in [9.17, 15) is 5.11 Å². The summed E-state index contributed by atoms with van der Waals surface area (Å²) in [4.78, 5) is 9.78. The molecule has 0 saturated heterocycles. The Morgan fingerprint density at radius 3 is 2.81 bits per heavy atom. The molecule has 1 aromatic rings. The van der Waals surface area contributed by atoms with Crippen molar-refractivity contribution in [3.8, 4) is 0 Å². The number of aromatic nitrogens is 1. The van der Waals surface area contributed by atoms with Crippen LogP contribution in [-0.2, 0) is 17.8 Å². The lowest BCUT2D eigenvalue weighted by Gasteiger charge is -2.60. The van der Waals surface area contributed by atoms with Crippen LogP contribution in [0.15, 0.2) is 15.8 Å². The molecule has 1 aromatic heterocycles. The van der Waals surface area contributed by atoms with Crippen LogP contribution in [0, 0.1) is 34.5 Å². The molecule has 3 N–H and O–H groups in total. The molecule has 31 heavy (non-hydrogen) atoms. The molecule has 172 valence electrons. The molecule has 0 bridgehead atoms. The van der Waals surface area contributed by atoms with Gasteiger partial charge in [-0.25, -0.2) is 4.98 Å². The number of fused-ring (bicyclic) bond motifs is 5. The van der Waals surface area contributed by atoms with Crippen LogP contribution in [0.5, 0.6) is 0 Å². The Balaban J connectivity index is 1.19. The monoisotopic (exact) mass is 429 g/mol. The van der Waals surface area contributed by atoms with Crippen molar-refractivity contribution in [1.29, 1.82) is 0 Å². The summed E-state index contributed by atoms with van der Waals surface area (Å²) in [7, 11) is 0. The second kappa shape index (κ2) is 8.18. The van der Waals surface area contributed by atoms with Crippen LogP contribution >= 0.6 is 0 Å². The third-order valence-corrected chi connectivity index (χ3v) is 9.86. The van der Waals surface area contributed by atoms with E-state index in [4.69, 9.17) is 15.0 Å². The number of hydrogen-bond acceptors (Lipinski definition) is 6. The summed E-state index contributed by atoms with van der Waals surface area (Å²) in [6.45, 7) is 5.78. The molecule has 4 aliphatic rings. The Bertz CT molecular complexity index is 823. The minimum atomic E-state index is -0.0786. The Hall–Kier alpha value is -1.40. The van der Waals surface area contributed by atoms with Gasteiger partial charge in [-0.3, -0.25) is 0 Å². The van der Waals surface area contributed by atoms with Crippen molar-refractivity contribution in [2.75, 3.05) is 6.61 Å². The summed E-state index contributed by atoms with van der Waals surface area (Å²) in [6.07, 6.45) is 13.1. The summed E-state index contributed by atoms with van der Waals surface area (Å²) in [5.41, 5.74) is 7.37. The van der Waals surface area contributed by atoms with Crippen molar-refractivity contribution >= 4 is 5.71 Å². The molecule has 0 amide bonds. The molecule has 4 saturated carbocycles. The van der Waals surface area contributed by atoms with E-state index >= 15 is 0 Å². The molecule has 6 heteroatoms. The summed E-state index contributed by atoms with van der Waals surface area (Å²) >= 11 is 0. The van der Waals surface area contributed by atoms with Gasteiger partial charge in [-0.15, -0.1) is 0 Å². The maximum absolute atomic E-state index is 10.7. The average molecular weight is 430 g/mol. The fourth-order valence-corrected chi connectivity index (χ4v) is 7.96. The number of aliphatic hydroxyl groups is 1. The lowest BCUT2D eigenvalue weighted by molar-refractivity contribution is -0.112. The van der Waals surface area contributed by atoms with Gasteiger partial charge in [0.1, 0.15) is 12.4 Å². The minimum absolute atomic E-state index is 0.0786. The van der Waals surface area contributed by atoms with Crippen LogP contribution in [0.3, 0.4) is 0 Å². The Kier molecular flexibility index (Phi) is 5.66. The summed E-state index contributed by atoms with van der Waals surface area (Å²) < 4.78 is 5.52. The lowest BCUT2D eigenvalue weighted by atomic mass is 9.45. The predicted molar refractivity (Wildman–Crippen MR) is 119 cm³/mol. The summed E-state index contributed by atoms with van der Waals surface area (Å²) in [5, 5.41) is 15.2. The van der Waals surface area contributed by atoms with Crippen molar-refractivity contribution in [3.63, 3.8) is 0 Å². The Morgan fingerprint density at radius 1 is 1.16 bits per heavy atom. The molecule has 5 rings (SSSR count). The smallest absolute Gasteiger partial charge is 0.208 e. The van der Waals surface area contributed by atoms with E-state index in [2.05, 4.69) is 24.0 Å². The first-order chi connectivity index (χ1) is 14.9. The van der Waals surface area contributed by atoms with E-state index in [1.54, 1.807) is 6.20 Å². The van der Waals surface area contributed by atoms with Crippen LogP contribution in [0.2, 0.25) is 0 Å². The van der Waals surface area contributed by atoms with Gasteiger partial charge in [-0.1, -0.05) is 19.0 Å². The molecule has 0 radical (unpaired) electrons. The first-order valence-corrected chi connectivity index (χ1v) is 12.4. The Morgan fingerprint density at radius 2 is 2.00 bits per heavy atom. The molecule has 4 aliphatic carbocycles. The number of hydrogen-bond donors (Lipinski definition) is 2. The molecule has 0 aromatic carbocycles. The molecule has 7 atom stereocenters. The molecule has 1 heterocycles. The average Bonchev–Trinajstić information content (AvgIpc) is 3.35. The topological polar surface area (TPSA) is 93.9 Å². The van der Waals surface area contributed by atoms with Crippen LogP contribution in [0.25, 0.3) is 0 Å². The molecule has 4 fully saturated rings. The van der Waals surface area contributed by atoms with Crippen molar-refractivity contribution in [1.82, 2.24) is 4.98 Å². The van der Waals surface area contributed by atoms with Crippen molar-refractivity contribution in [3.05, 3.63) is 17.8 Å². The molecular weight excluding hydrogens is 390 g/mol. The quantitative estimate of drug-likeness (QED) is 0.533. The van der Waals surface area contributed by atoms with Gasteiger partial charge < -0.3 is 20.1 Å². The number of rotatable bonds is 5. The van der Waals surface area contributed by atoms with E-state index in [1.807, 2.05) is 0 Å². The summed E-state index contributed by atoms with van der Waals surface area (Å²) in [6, 6.07) is 0. The normalized spacial score (nSPS) is 43.4. The van der Waals surface area contributed by atoms with E-state index in [-0.39, 0.29) is 11.5 Å². The third-order valence-electron chi connectivity index (χ3n) is 9.86. The molecule has 6 unspecified atom stereocenters. The minimum Gasteiger partial charge on any atom is -0.444 e. The van der Waals surface area contributed by atoms with Crippen molar-refractivity contribution < 1.29 is 14.4 Å². The second-order valence-corrected chi connectivity index (χ2v) is 11.2. The highest BCUT2D eigenvalue weighted by Gasteiger charge is 2.59. The van der Waals surface area contributed by atoms with Gasteiger partial charge in [0.25, 0.3) is 0 Å². The van der Waals surface area contributed by atoms with Crippen LogP contribution in [-0.4, -0.2) is 28.5 Å². The number of nitrogens with two attached hydrogens (primary N) is 1. The van der Waals surface area contributed by atoms with Gasteiger partial charge in [-0.2, -0.15) is 0 Å². The number of oxime groups is 1. The zero-order chi connectivity index (χ0) is 21.6. The van der Waals surface area contributed by atoms with Gasteiger partial charge in [-0.05, 0) is 92.3 Å². The highest BCUT2D eigenvalue weighted by molar-refractivity contribution is 5.85. The molecular formula is C25H39N3O3. The van der Waals surface area contributed by atoms with E-state index in [1.165, 1.54) is 44.2 Å². The predicted octanol–water partition coefficient (Wildman–Crippen LogP) is 4.45. The fraction of sp³-hybridized carbons (Fsp3) is 0.840. The first-order valence-electron chi connectivity index (χ1n) is 12.4. The maximum atomic E-state index is 10.7. The highest BCUT2D eigenvalue weighted by atomic mass is 16.6. The molecule has 0 spiro atoms. The maximum Gasteiger partial charge on any atom is 0.208 e. The van der Waals surface area contributed by atoms with Gasteiger partial charge >= 0.3 is 0 Å². The SMILES string of the molecule is CC12CC[C@H]3C(CCC4CC(=NOCCc5cnc(CN)o5)CCC43C)C1CCC2O. The highest BCUT2D eigenvalue weighted by Crippen LogP contribution is 2.65. The molecule has 6 nitrogen and oxygen atoms in total. The van der Waals surface area contributed by atoms with Gasteiger partial charge in [0.05, 0.1) is 24.6 Å². The van der Waals surface area contributed by atoms with Crippen LogP contribution in [0.4, 0.5) is 0 Å². The van der Waals surface area contributed by atoms with Crippen molar-refractivity contribution in [2.24, 2.45) is 45.4 Å². The van der Waals surface area contributed by atoms with Crippen LogP contribution in [0.1, 0.15) is 83.3 Å². The third kappa shape index (κ3) is 3.64. The van der Waals surface area contributed by atoms with Crippen LogP contribution < -0.4 is 5.73 Å². The van der Waals surface area contributed by atoms with Gasteiger partial charge in [0.2, 0.25) is 5.89 Å². The van der Waals surface area contributed by atoms with Crippen molar-refractivity contribution in [2.45, 2.75) is 90.7 Å². The van der Waals surface area contributed by atoms with E-state index in [0.717, 1.165) is 48.7 Å². The Labute approximate surface area is 186 Å².